The van der Waals surface area contributed by atoms with Crippen LogP contribution in [0.4, 0.5) is 0 Å². The molecule has 0 radical (unpaired) electrons. The van der Waals surface area contributed by atoms with Crippen LogP contribution in [0.5, 0.6) is 5.75 Å². The van der Waals surface area contributed by atoms with E-state index in [1.54, 1.807) is 0 Å². The summed E-state index contributed by atoms with van der Waals surface area (Å²) in [6.45, 7) is 6.08. The van der Waals surface area contributed by atoms with E-state index in [1.807, 2.05) is 24.5 Å². The smallest absolute Gasteiger partial charge is 0.121 e. The van der Waals surface area contributed by atoms with Gasteiger partial charge in [0.2, 0.25) is 0 Å². The molecule has 6 rings (SSSR count). The van der Waals surface area contributed by atoms with E-state index >= 15 is 0 Å². The van der Waals surface area contributed by atoms with Crippen LogP contribution in [0.15, 0.2) is 54.9 Å². The van der Waals surface area contributed by atoms with Crippen molar-refractivity contribution in [2.24, 2.45) is 0 Å². The van der Waals surface area contributed by atoms with Crippen molar-refractivity contribution in [2.75, 3.05) is 39.5 Å². The van der Waals surface area contributed by atoms with Crippen molar-refractivity contribution in [2.45, 2.75) is 32.2 Å². The summed E-state index contributed by atoms with van der Waals surface area (Å²) in [5.74, 6) is 0.856. The lowest BCUT2D eigenvalue weighted by Crippen LogP contribution is -2.38. The molecule has 0 unspecified atom stereocenters. The van der Waals surface area contributed by atoms with Crippen molar-refractivity contribution >= 4 is 10.9 Å². The minimum Gasteiger partial charge on any atom is -0.492 e. The second-order valence-corrected chi connectivity index (χ2v) is 9.26. The molecule has 35 heavy (non-hydrogen) atoms. The lowest BCUT2D eigenvalue weighted by atomic mass is 9.96. The Labute approximate surface area is 205 Å². The highest BCUT2D eigenvalue weighted by atomic mass is 16.5. The molecule has 0 spiro atoms. The highest BCUT2D eigenvalue weighted by Gasteiger charge is 2.24. The van der Waals surface area contributed by atoms with Crippen molar-refractivity contribution in [1.29, 1.82) is 0 Å². The number of benzene rings is 1. The van der Waals surface area contributed by atoms with Crippen LogP contribution in [-0.2, 0) is 17.7 Å². The fourth-order valence-electron chi connectivity index (χ4n) is 5.18. The fraction of sp³-hybridized carbons (Fsp3) is 0.393. The molecule has 1 aromatic carbocycles. The minimum absolute atomic E-state index is 0.659. The number of rotatable bonds is 6. The SMILES string of the molecule is c1ccc(-c2nn3c(c2-c2ccnc4cc(OCCN5CCOCC5)ccc24)CCCCC3)nc1. The third-order valence-electron chi connectivity index (χ3n) is 7.01. The van der Waals surface area contributed by atoms with Crippen LogP contribution in [0.25, 0.3) is 33.4 Å². The van der Waals surface area contributed by atoms with E-state index in [9.17, 15) is 0 Å². The minimum atomic E-state index is 0.659. The van der Waals surface area contributed by atoms with E-state index in [1.165, 1.54) is 29.7 Å². The molecule has 7 nitrogen and oxygen atoms in total. The second-order valence-electron chi connectivity index (χ2n) is 9.26. The lowest BCUT2D eigenvalue weighted by molar-refractivity contribution is 0.0322. The number of fused-ring (bicyclic) bond motifs is 2. The maximum atomic E-state index is 6.10. The van der Waals surface area contributed by atoms with Gasteiger partial charge in [-0.3, -0.25) is 19.5 Å². The average Bonchev–Trinajstić information content (AvgIpc) is 3.11. The molecular weight excluding hydrogens is 438 g/mol. The zero-order valence-electron chi connectivity index (χ0n) is 20.0. The summed E-state index contributed by atoms with van der Waals surface area (Å²) in [4.78, 5) is 11.7. The number of hydrogen-bond acceptors (Lipinski definition) is 6. The van der Waals surface area contributed by atoms with Gasteiger partial charge in [0.15, 0.2) is 0 Å². The molecule has 0 bridgehead atoms. The number of hydrogen-bond donors (Lipinski definition) is 0. The van der Waals surface area contributed by atoms with Gasteiger partial charge in [0.1, 0.15) is 18.1 Å². The first-order chi connectivity index (χ1) is 17.4. The van der Waals surface area contributed by atoms with Gasteiger partial charge in [0, 0.05) is 61.3 Å². The molecule has 5 heterocycles. The Hall–Kier alpha value is -3.29. The quantitative estimate of drug-likeness (QED) is 0.411. The molecule has 7 heteroatoms. The Bertz CT molecular complexity index is 1300. The van der Waals surface area contributed by atoms with Crippen molar-refractivity contribution in [3.8, 4) is 28.3 Å². The molecule has 3 aromatic heterocycles. The van der Waals surface area contributed by atoms with Gasteiger partial charge in [0.25, 0.3) is 0 Å². The summed E-state index contributed by atoms with van der Waals surface area (Å²) in [5, 5.41) is 6.18. The first-order valence-electron chi connectivity index (χ1n) is 12.7. The molecular formula is C28H31N5O2. The number of aromatic nitrogens is 4. The highest BCUT2D eigenvalue weighted by Crippen LogP contribution is 2.39. The van der Waals surface area contributed by atoms with Crippen LogP contribution in [0, 0.1) is 0 Å². The van der Waals surface area contributed by atoms with E-state index in [4.69, 9.17) is 19.6 Å². The summed E-state index contributed by atoms with van der Waals surface area (Å²) in [6, 6.07) is 14.4. The number of nitrogens with zero attached hydrogens (tertiary/aromatic N) is 5. The average molecular weight is 470 g/mol. The zero-order chi connectivity index (χ0) is 23.5. The molecule has 1 fully saturated rings. The normalized spacial score (nSPS) is 16.7. The Morgan fingerprint density at radius 1 is 0.914 bits per heavy atom. The summed E-state index contributed by atoms with van der Waals surface area (Å²) < 4.78 is 13.7. The topological polar surface area (TPSA) is 65.3 Å². The number of ether oxygens (including phenoxy) is 2. The molecule has 0 N–H and O–H groups in total. The third kappa shape index (κ3) is 4.66. The summed E-state index contributed by atoms with van der Waals surface area (Å²) in [6.07, 6.45) is 8.36. The molecule has 0 aliphatic carbocycles. The molecule has 1 saturated heterocycles. The Morgan fingerprint density at radius 3 is 2.74 bits per heavy atom. The van der Waals surface area contributed by atoms with Crippen LogP contribution in [0.3, 0.4) is 0 Å². The van der Waals surface area contributed by atoms with Crippen LogP contribution < -0.4 is 4.74 Å². The predicted molar refractivity (Wildman–Crippen MR) is 137 cm³/mol. The van der Waals surface area contributed by atoms with Crippen molar-refractivity contribution in [3.63, 3.8) is 0 Å². The van der Waals surface area contributed by atoms with Gasteiger partial charge < -0.3 is 9.47 Å². The van der Waals surface area contributed by atoms with Gasteiger partial charge in [-0.2, -0.15) is 5.10 Å². The van der Waals surface area contributed by atoms with E-state index in [-0.39, 0.29) is 0 Å². The molecule has 0 saturated carbocycles. The number of morpholine rings is 1. The molecule has 4 aromatic rings. The summed E-state index contributed by atoms with van der Waals surface area (Å²) in [7, 11) is 0. The summed E-state index contributed by atoms with van der Waals surface area (Å²) in [5.41, 5.74) is 6.48. The van der Waals surface area contributed by atoms with Gasteiger partial charge in [-0.25, -0.2) is 0 Å². The van der Waals surface area contributed by atoms with E-state index < -0.39 is 0 Å². The Morgan fingerprint density at radius 2 is 1.86 bits per heavy atom. The third-order valence-corrected chi connectivity index (χ3v) is 7.01. The Balaban J connectivity index is 1.35. The van der Waals surface area contributed by atoms with Gasteiger partial charge >= 0.3 is 0 Å². The molecule has 0 atom stereocenters. The molecule has 0 amide bonds. The summed E-state index contributed by atoms with van der Waals surface area (Å²) >= 11 is 0. The van der Waals surface area contributed by atoms with Gasteiger partial charge in [0.05, 0.1) is 24.4 Å². The lowest BCUT2D eigenvalue weighted by Gasteiger charge is -2.26. The maximum absolute atomic E-state index is 6.10. The molecule has 180 valence electrons. The standard InChI is InChI=1S/C28H31N5O2/c1-2-7-26-27(28(31-33(26)13-5-1)24-6-3-4-11-29-24)23-10-12-30-25-20-21(8-9-22(23)25)35-19-16-32-14-17-34-18-15-32/h3-4,6,8-12,20H,1-2,5,7,13-19H2. The monoisotopic (exact) mass is 469 g/mol. The number of pyridine rings is 2. The van der Waals surface area contributed by atoms with Gasteiger partial charge in [-0.05, 0) is 55.2 Å². The maximum Gasteiger partial charge on any atom is 0.121 e. The first-order valence-corrected chi connectivity index (χ1v) is 12.7. The van der Waals surface area contributed by atoms with Crippen molar-refractivity contribution in [3.05, 3.63) is 60.6 Å². The van der Waals surface area contributed by atoms with E-state index in [2.05, 4.69) is 44.9 Å². The van der Waals surface area contributed by atoms with Crippen LogP contribution in [-0.4, -0.2) is 64.1 Å². The highest BCUT2D eigenvalue weighted by molar-refractivity contribution is 5.99. The largest absolute Gasteiger partial charge is 0.492 e. The van der Waals surface area contributed by atoms with E-state index in [0.717, 1.165) is 80.3 Å². The van der Waals surface area contributed by atoms with Crippen LogP contribution >= 0.6 is 0 Å². The number of aryl methyl sites for hydroxylation is 1. The van der Waals surface area contributed by atoms with Gasteiger partial charge in [-0.1, -0.05) is 12.5 Å². The first kappa shape index (κ1) is 22.2. The van der Waals surface area contributed by atoms with Crippen molar-refractivity contribution < 1.29 is 9.47 Å². The van der Waals surface area contributed by atoms with Crippen LogP contribution in [0.2, 0.25) is 0 Å². The van der Waals surface area contributed by atoms with Crippen molar-refractivity contribution in [1.82, 2.24) is 24.6 Å². The second kappa shape index (κ2) is 10.1. The molecule has 2 aliphatic heterocycles. The molecule has 2 aliphatic rings. The fourth-order valence-corrected chi connectivity index (χ4v) is 5.18. The zero-order valence-corrected chi connectivity index (χ0v) is 20.0. The van der Waals surface area contributed by atoms with E-state index in [0.29, 0.717) is 6.61 Å². The Kier molecular flexibility index (Phi) is 6.43. The predicted octanol–water partition coefficient (Wildman–Crippen LogP) is 4.60. The van der Waals surface area contributed by atoms with Crippen LogP contribution in [0.1, 0.15) is 25.0 Å². The van der Waals surface area contributed by atoms with Gasteiger partial charge in [-0.15, -0.1) is 0 Å².